The molecular weight excluding hydrogens is 500 g/mol. The van der Waals surface area contributed by atoms with Gasteiger partial charge in [-0.1, -0.05) is 24.6 Å². The summed E-state index contributed by atoms with van der Waals surface area (Å²) < 4.78 is 10.6. The maximum atomic E-state index is 12.6. The van der Waals surface area contributed by atoms with E-state index in [0.29, 0.717) is 38.5 Å². The normalized spacial score (nSPS) is 14.5. The number of carbonyl (C=O) groups excluding carboxylic acids is 3. The van der Waals surface area contributed by atoms with Gasteiger partial charge in [0.05, 0.1) is 12.7 Å². The zero-order valence-corrected chi connectivity index (χ0v) is 21.8. The molecule has 36 heavy (non-hydrogen) atoms. The number of benzene rings is 2. The molecule has 1 atom stereocenters. The summed E-state index contributed by atoms with van der Waals surface area (Å²) in [7, 11) is 1.34. The molecule has 9 heteroatoms. The third kappa shape index (κ3) is 5.71. The molecule has 2 amide bonds. The molecule has 0 fully saturated rings. The molecule has 0 spiro atoms. The van der Waals surface area contributed by atoms with E-state index in [1.807, 2.05) is 6.92 Å². The monoisotopic (exact) mass is 526 g/mol. The standard InChI is InChI=1S/C27H27ClN2O5S/c1-15-7-12-19-22(13-15)36-26(24(19)27(33)34-3)30-23(31)14-35-18-10-8-17(9-11-18)25(32)29-21-6-4-5-20(28)16(21)2/h4-6,8-11,15H,7,12-14H2,1-3H3,(H,29,32)(H,30,31). The number of rotatable bonds is 7. The molecule has 1 aromatic heterocycles. The van der Waals surface area contributed by atoms with Crippen molar-refractivity contribution in [1.82, 2.24) is 0 Å². The summed E-state index contributed by atoms with van der Waals surface area (Å²) in [6, 6.07) is 11.8. The van der Waals surface area contributed by atoms with Crippen LogP contribution < -0.4 is 15.4 Å². The molecular formula is C27H27ClN2O5S. The van der Waals surface area contributed by atoms with Crippen LogP contribution in [0.1, 0.15) is 50.1 Å². The quantitative estimate of drug-likeness (QED) is 0.374. The van der Waals surface area contributed by atoms with Gasteiger partial charge < -0.3 is 20.1 Å². The first-order valence-corrected chi connectivity index (χ1v) is 12.8. The summed E-state index contributed by atoms with van der Waals surface area (Å²) in [5, 5.41) is 6.73. The van der Waals surface area contributed by atoms with E-state index >= 15 is 0 Å². The first-order valence-electron chi connectivity index (χ1n) is 11.6. The Hall–Kier alpha value is -3.36. The lowest BCUT2D eigenvalue weighted by molar-refractivity contribution is -0.118. The molecule has 7 nitrogen and oxygen atoms in total. The summed E-state index contributed by atoms with van der Waals surface area (Å²) >= 11 is 7.54. The molecule has 1 aliphatic rings. The van der Waals surface area contributed by atoms with Crippen LogP contribution in [0, 0.1) is 12.8 Å². The van der Waals surface area contributed by atoms with Crippen LogP contribution in [0.15, 0.2) is 42.5 Å². The van der Waals surface area contributed by atoms with Gasteiger partial charge in [0.25, 0.3) is 11.8 Å². The summed E-state index contributed by atoms with van der Waals surface area (Å²) in [6.07, 6.45) is 2.67. The van der Waals surface area contributed by atoms with Crippen molar-refractivity contribution in [3.8, 4) is 5.75 Å². The minimum Gasteiger partial charge on any atom is -0.484 e. The number of halogens is 1. The van der Waals surface area contributed by atoms with Gasteiger partial charge in [0, 0.05) is 21.2 Å². The Kier molecular flexibility index (Phi) is 7.96. The highest BCUT2D eigenvalue weighted by Gasteiger charge is 2.29. The van der Waals surface area contributed by atoms with E-state index in [1.165, 1.54) is 18.4 Å². The lowest BCUT2D eigenvalue weighted by Gasteiger charge is -2.18. The minimum atomic E-state index is -0.444. The maximum absolute atomic E-state index is 12.6. The Labute approximate surface area is 218 Å². The minimum absolute atomic E-state index is 0.243. The molecule has 0 radical (unpaired) electrons. The zero-order valence-electron chi connectivity index (χ0n) is 20.3. The molecule has 0 saturated heterocycles. The van der Waals surface area contributed by atoms with Gasteiger partial charge in [0.1, 0.15) is 10.8 Å². The molecule has 1 heterocycles. The van der Waals surface area contributed by atoms with E-state index in [2.05, 4.69) is 17.6 Å². The van der Waals surface area contributed by atoms with Crippen LogP contribution in [0.5, 0.6) is 5.75 Å². The fourth-order valence-electron chi connectivity index (χ4n) is 4.11. The second-order valence-corrected chi connectivity index (χ2v) is 10.3. The predicted molar refractivity (Wildman–Crippen MR) is 142 cm³/mol. The fraction of sp³-hybridized carbons (Fsp3) is 0.296. The molecule has 1 unspecified atom stereocenters. The van der Waals surface area contributed by atoms with Gasteiger partial charge in [-0.3, -0.25) is 9.59 Å². The van der Waals surface area contributed by atoms with Gasteiger partial charge in [-0.25, -0.2) is 4.79 Å². The van der Waals surface area contributed by atoms with Crippen molar-refractivity contribution < 1.29 is 23.9 Å². The Bertz CT molecular complexity index is 1300. The topological polar surface area (TPSA) is 93.7 Å². The largest absolute Gasteiger partial charge is 0.484 e. The molecule has 1 aliphatic carbocycles. The number of nitrogens with one attached hydrogen (secondary N) is 2. The lowest BCUT2D eigenvalue weighted by atomic mass is 9.88. The van der Waals surface area contributed by atoms with Crippen LogP contribution in [0.4, 0.5) is 10.7 Å². The molecule has 0 aliphatic heterocycles. The van der Waals surface area contributed by atoms with Gasteiger partial charge >= 0.3 is 5.97 Å². The molecule has 2 N–H and O–H groups in total. The Morgan fingerprint density at radius 1 is 1.11 bits per heavy atom. The molecule has 3 aromatic rings. The molecule has 0 bridgehead atoms. The SMILES string of the molecule is COC(=O)c1c(NC(=O)COc2ccc(C(=O)Nc3cccc(Cl)c3C)cc2)sc2c1CCC(C)C2. The first kappa shape index (κ1) is 25.7. The van der Waals surface area contributed by atoms with Gasteiger partial charge in [-0.15, -0.1) is 11.3 Å². The highest BCUT2D eigenvalue weighted by atomic mass is 35.5. The van der Waals surface area contributed by atoms with Crippen LogP contribution in [0.25, 0.3) is 0 Å². The number of ether oxygens (including phenoxy) is 2. The van der Waals surface area contributed by atoms with E-state index in [1.54, 1.807) is 42.5 Å². The number of carbonyl (C=O) groups is 3. The summed E-state index contributed by atoms with van der Waals surface area (Å²) in [5.41, 5.74) is 3.29. The van der Waals surface area contributed by atoms with Gasteiger partial charge in [0.2, 0.25) is 0 Å². The van der Waals surface area contributed by atoms with Gasteiger partial charge in [0.15, 0.2) is 6.61 Å². The zero-order chi connectivity index (χ0) is 25.8. The van der Waals surface area contributed by atoms with Crippen molar-refractivity contribution in [2.75, 3.05) is 24.4 Å². The molecule has 4 rings (SSSR count). The Morgan fingerprint density at radius 2 is 1.86 bits per heavy atom. The maximum Gasteiger partial charge on any atom is 0.341 e. The van der Waals surface area contributed by atoms with Crippen LogP contribution in [0.3, 0.4) is 0 Å². The predicted octanol–water partition coefficient (Wildman–Crippen LogP) is 5.89. The van der Waals surface area contributed by atoms with Crippen LogP contribution in [0.2, 0.25) is 5.02 Å². The van der Waals surface area contributed by atoms with E-state index in [9.17, 15) is 14.4 Å². The van der Waals surface area contributed by atoms with E-state index < -0.39 is 5.97 Å². The van der Waals surface area contributed by atoms with Crippen LogP contribution in [-0.4, -0.2) is 31.5 Å². The number of amides is 2. The number of hydrogen-bond donors (Lipinski definition) is 2. The van der Waals surface area contributed by atoms with Gasteiger partial charge in [-0.2, -0.15) is 0 Å². The summed E-state index contributed by atoms with van der Waals surface area (Å²) in [6.45, 7) is 3.77. The molecule has 0 saturated carbocycles. The highest BCUT2D eigenvalue weighted by molar-refractivity contribution is 7.17. The number of esters is 1. The number of anilines is 2. The highest BCUT2D eigenvalue weighted by Crippen LogP contribution is 2.40. The van der Waals surface area contributed by atoms with Gasteiger partial charge in [-0.05, 0) is 79.6 Å². The van der Waals surface area contributed by atoms with Crippen LogP contribution in [-0.2, 0) is 22.4 Å². The van der Waals surface area contributed by atoms with E-state index in [4.69, 9.17) is 21.1 Å². The molecule has 2 aromatic carbocycles. The van der Waals surface area contributed by atoms with Crippen molar-refractivity contribution >= 4 is 51.4 Å². The first-order chi connectivity index (χ1) is 17.3. The number of hydrogen-bond acceptors (Lipinski definition) is 6. The molecule has 188 valence electrons. The van der Waals surface area contributed by atoms with Crippen LogP contribution >= 0.6 is 22.9 Å². The second kappa shape index (κ2) is 11.1. The summed E-state index contributed by atoms with van der Waals surface area (Å²) in [5.74, 6) is -0.137. The van der Waals surface area contributed by atoms with Crippen molar-refractivity contribution in [3.63, 3.8) is 0 Å². The fourth-order valence-corrected chi connectivity index (χ4v) is 5.70. The van der Waals surface area contributed by atoms with E-state index in [0.717, 1.165) is 35.3 Å². The Morgan fingerprint density at radius 3 is 2.58 bits per heavy atom. The average molecular weight is 527 g/mol. The number of thiophene rings is 1. The summed E-state index contributed by atoms with van der Waals surface area (Å²) in [4.78, 5) is 38.7. The average Bonchev–Trinajstić information content (AvgIpc) is 3.21. The van der Waals surface area contributed by atoms with Crippen molar-refractivity contribution in [2.24, 2.45) is 5.92 Å². The van der Waals surface area contributed by atoms with Crippen molar-refractivity contribution in [1.29, 1.82) is 0 Å². The Balaban J connectivity index is 1.37. The van der Waals surface area contributed by atoms with E-state index in [-0.39, 0.29) is 18.4 Å². The second-order valence-electron chi connectivity index (χ2n) is 8.78. The lowest BCUT2D eigenvalue weighted by Crippen LogP contribution is -2.21. The number of fused-ring (bicyclic) bond motifs is 1. The third-order valence-electron chi connectivity index (χ3n) is 6.16. The smallest absolute Gasteiger partial charge is 0.341 e. The van der Waals surface area contributed by atoms with Crippen molar-refractivity contribution in [2.45, 2.75) is 33.1 Å². The third-order valence-corrected chi connectivity index (χ3v) is 7.74. The van der Waals surface area contributed by atoms with Crippen molar-refractivity contribution in [3.05, 3.63) is 74.6 Å². The number of methoxy groups -OCH3 is 1.